The summed E-state index contributed by atoms with van der Waals surface area (Å²) in [5.41, 5.74) is -1.04. The molecule has 5 aliphatic heterocycles. The quantitative estimate of drug-likeness (QED) is 0.456. The Morgan fingerprint density at radius 2 is 1.71 bits per heavy atom. The van der Waals surface area contributed by atoms with Crippen molar-refractivity contribution in [3.8, 4) is 0 Å². The molecule has 38 heavy (non-hydrogen) atoms. The second-order valence-electron chi connectivity index (χ2n) is 13.9. The zero-order chi connectivity index (χ0) is 27.5. The number of hydrogen-bond acceptors (Lipinski definition) is 8. The van der Waals surface area contributed by atoms with Crippen LogP contribution in [0.4, 0.5) is 4.79 Å². The summed E-state index contributed by atoms with van der Waals surface area (Å²) >= 11 is 0. The standard InChI is InChI=1S/C29H50N2O7/c1-19-9-10-23-20(2)28(7,35-24-29(23)22(19)11-14-27(6,34-24)37-38-29)33-18-17-30(8)21-12-15-31(16-13-21)25(32)36-26(3,4)5/h19-24H,9-18H2,1-8H3/t19-,20-,22?,23+,24+,27-,28+,29-/m1/s1. The van der Waals surface area contributed by atoms with Gasteiger partial charge in [-0.15, -0.1) is 0 Å². The van der Waals surface area contributed by atoms with Gasteiger partial charge in [-0.3, -0.25) is 0 Å². The fourth-order valence-electron chi connectivity index (χ4n) is 7.63. The predicted octanol–water partition coefficient (Wildman–Crippen LogP) is 4.93. The van der Waals surface area contributed by atoms with Crippen molar-refractivity contribution in [2.75, 3.05) is 33.3 Å². The molecule has 1 unspecified atom stereocenters. The summed E-state index contributed by atoms with van der Waals surface area (Å²) in [6, 6.07) is 0.407. The molecule has 0 radical (unpaired) electrons. The summed E-state index contributed by atoms with van der Waals surface area (Å²) in [7, 11) is 2.14. The van der Waals surface area contributed by atoms with E-state index in [0.29, 0.717) is 37.6 Å². The third kappa shape index (κ3) is 5.12. The van der Waals surface area contributed by atoms with Gasteiger partial charge in [0.1, 0.15) is 5.60 Å². The van der Waals surface area contributed by atoms with Crippen LogP contribution in [-0.4, -0.2) is 84.3 Å². The average Bonchev–Trinajstić information content (AvgIpc) is 3.07. The first-order chi connectivity index (χ1) is 17.8. The number of piperidine rings is 1. The molecule has 0 aromatic rings. The highest BCUT2D eigenvalue weighted by Crippen LogP contribution is 2.62. The summed E-state index contributed by atoms with van der Waals surface area (Å²) in [4.78, 5) is 28.8. The Morgan fingerprint density at radius 1 is 1.00 bits per heavy atom. The smallest absolute Gasteiger partial charge is 0.410 e. The summed E-state index contributed by atoms with van der Waals surface area (Å²) < 4.78 is 25.3. The third-order valence-electron chi connectivity index (χ3n) is 10.1. The van der Waals surface area contributed by atoms with Gasteiger partial charge >= 0.3 is 6.09 Å². The van der Waals surface area contributed by atoms with Crippen molar-refractivity contribution in [1.82, 2.24) is 9.80 Å². The summed E-state index contributed by atoms with van der Waals surface area (Å²) in [6.45, 7) is 17.1. The van der Waals surface area contributed by atoms with Gasteiger partial charge in [0.15, 0.2) is 17.7 Å². The van der Waals surface area contributed by atoms with Crippen LogP contribution in [0.3, 0.4) is 0 Å². The van der Waals surface area contributed by atoms with Crippen molar-refractivity contribution in [2.24, 2.45) is 23.7 Å². The molecule has 6 rings (SSSR count). The van der Waals surface area contributed by atoms with Gasteiger partial charge in [-0.2, -0.15) is 0 Å². The summed E-state index contributed by atoms with van der Waals surface area (Å²) in [5.74, 6) is -0.293. The van der Waals surface area contributed by atoms with E-state index in [0.717, 1.165) is 38.6 Å². The van der Waals surface area contributed by atoms with Gasteiger partial charge in [-0.1, -0.05) is 13.8 Å². The minimum absolute atomic E-state index is 0.130. The van der Waals surface area contributed by atoms with E-state index in [1.807, 2.05) is 32.6 Å². The fraction of sp³-hybridized carbons (Fsp3) is 0.966. The Labute approximate surface area is 228 Å². The molecule has 218 valence electrons. The van der Waals surface area contributed by atoms with Crippen LogP contribution in [0.15, 0.2) is 0 Å². The fourth-order valence-corrected chi connectivity index (χ4v) is 7.63. The van der Waals surface area contributed by atoms with Crippen LogP contribution in [0.2, 0.25) is 0 Å². The lowest BCUT2D eigenvalue weighted by Gasteiger charge is -2.62. The SMILES string of the molecule is C[C@@H]1CC[C@H]2[C@@H](C)[C@@](C)(OCCN(C)C3CCN(C(=O)OC(C)(C)C)CC3)O[C@@H]3O[C@@]4(C)CCC1[C@]32OO4. The van der Waals surface area contributed by atoms with E-state index in [9.17, 15) is 4.79 Å². The number of carbonyl (C=O) groups excluding carboxylic acids is 1. The summed E-state index contributed by atoms with van der Waals surface area (Å²) in [5, 5.41) is 0. The van der Waals surface area contributed by atoms with E-state index in [2.05, 4.69) is 32.7 Å². The minimum atomic E-state index is -0.784. The van der Waals surface area contributed by atoms with Gasteiger partial charge in [0.2, 0.25) is 5.79 Å². The molecular weight excluding hydrogens is 488 g/mol. The molecule has 0 N–H and O–H groups in total. The van der Waals surface area contributed by atoms with Gasteiger partial charge in [0.05, 0.1) is 6.61 Å². The first-order valence-corrected chi connectivity index (χ1v) is 14.8. The Hall–Kier alpha value is -0.970. The molecule has 9 nitrogen and oxygen atoms in total. The van der Waals surface area contributed by atoms with Crippen LogP contribution >= 0.6 is 0 Å². The maximum atomic E-state index is 12.4. The Kier molecular flexibility index (Phi) is 7.62. The maximum absolute atomic E-state index is 12.4. The van der Waals surface area contributed by atoms with Gasteiger partial charge in [0.25, 0.3) is 0 Å². The van der Waals surface area contributed by atoms with E-state index in [4.69, 9.17) is 28.7 Å². The van der Waals surface area contributed by atoms with Gasteiger partial charge in [-0.25, -0.2) is 14.6 Å². The number of ether oxygens (including phenoxy) is 4. The predicted molar refractivity (Wildman–Crippen MR) is 141 cm³/mol. The Balaban J connectivity index is 1.18. The van der Waals surface area contributed by atoms with Crippen LogP contribution in [-0.2, 0) is 28.7 Å². The van der Waals surface area contributed by atoms with Crippen molar-refractivity contribution in [3.05, 3.63) is 0 Å². The molecular formula is C29H50N2O7. The number of amides is 1. The van der Waals surface area contributed by atoms with Crippen LogP contribution in [0.25, 0.3) is 0 Å². The minimum Gasteiger partial charge on any atom is -0.444 e. The van der Waals surface area contributed by atoms with Crippen LogP contribution in [0, 0.1) is 23.7 Å². The molecule has 1 aliphatic carbocycles. The molecule has 5 saturated heterocycles. The topological polar surface area (TPSA) is 78.9 Å². The Morgan fingerprint density at radius 3 is 2.39 bits per heavy atom. The van der Waals surface area contributed by atoms with Crippen molar-refractivity contribution in [2.45, 2.75) is 122 Å². The highest BCUT2D eigenvalue weighted by atomic mass is 17.3. The number of fused-ring (bicyclic) bond motifs is 2. The zero-order valence-electron chi connectivity index (χ0n) is 24.8. The lowest BCUT2D eigenvalue weighted by molar-refractivity contribution is -0.585. The molecule has 6 fully saturated rings. The lowest BCUT2D eigenvalue weighted by Crippen LogP contribution is -2.73. The van der Waals surface area contributed by atoms with E-state index in [-0.39, 0.29) is 17.9 Å². The van der Waals surface area contributed by atoms with Crippen molar-refractivity contribution in [3.63, 3.8) is 0 Å². The van der Waals surface area contributed by atoms with Crippen molar-refractivity contribution < 1.29 is 33.5 Å². The zero-order valence-corrected chi connectivity index (χ0v) is 24.8. The molecule has 0 aromatic carbocycles. The van der Waals surface area contributed by atoms with E-state index in [1.165, 1.54) is 6.42 Å². The van der Waals surface area contributed by atoms with E-state index < -0.39 is 29.1 Å². The molecule has 1 amide bonds. The van der Waals surface area contributed by atoms with E-state index in [1.54, 1.807) is 0 Å². The highest BCUT2D eigenvalue weighted by Gasteiger charge is 2.71. The molecule has 5 heterocycles. The Bertz CT molecular complexity index is 873. The number of rotatable bonds is 5. The van der Waals surface area contributed by atoms with Crippen LogP contribution in [0.1, 0.15) is 87.0 Å². The largest absolute Gasteiger partial charge is 0.444 e. The van der Waals surface area contributed by atoms with Crippen molar-refractivity contribution in [1.29, 1.82) is 0 Å². The van der Waals surface area contributed by atoms with Gasteiger partial charge < -0.3 is 28.7 Å². The normalized spacial score (nSPS) is 43.6. The number of nitrogens with zero attached hydrogens (tertiary/aromatic N) is 2. The number of likely N-dealkylation sites (N-methyl/N-ethyl adjacent to an activating group) is 1. The van der Waals surface area contributed by atoms with Gasteiger partial charge in [-0.05, 0) is 85.6 Å². The molecule has 2 bridgehead atoms. The van der Waals surface area contributed by atoms with Crippen LogP contribution in [0.5, 0.6) is 0 Å². The number of likely N-dealkylation sites (tertiary alicyclic amines) is 1. The second-order valence-corrected chi connectivity index (χ2v) is 13.9. The molecule has 0 aromatic heterocycles. The number of carbonyl (C=O) groups is 1. The summed E-state index contributed by atoms with van der Waals surface area (Å²) in [6.07, 6.45) is 5.19. The molecule has 9 heteroatoms. The monoisotopic (exact) mass is 538 g/mol. The second kappa shape index (κ2) is 10.1. The molecule has 6 aliphatic rings. The maximum Gasteiger partial charge on any atom is 0.410 e. The lowest BCUT2D eigenvalue weighted by atomic mass is 9.57. The third-order valence-corrected chi connectivity index (χ3v) is 10.1. The highest BCUT2D eigenvalue weighted by molar-refractivity contribution is 5.68. The first-order valence-electron chi connectivity index (χ1n) is 14.8. The van der Waals surface area contributed by atoms with E-state index >= 15 is 0 Å². The molecule has 8 atom stereocenters. The van der Waals surface area contributed by atoms with Crippen molar-refractivity contribution >= 4 is 6.09 Å². The average molecular weight is 539 g/mol. The van der Waals surface area contributed by atoms with Crippen LogP contribution < -0.4 is 0 Å². The van der Waals surface area contributed by atoms with Gasteiger partial charge in [0, 0.05) is 43.9 Å². The number of hydrogen-bond donors (Lipinski definition) is 0. The first kappa shape index (κ1) is 28.6. The molecule has 1 spiro atoms. The molecule has 1 saturated carbocycles.